The molecule has 6 heteroatoms. The van der Waals surface area contributed by atoms with E-state index >= 15 is 0 Å². The maximum atomic E-state index is 12.9. The first-order valence-electron chi connectivity index (χ1n) is 32.7. The van der Waals surface area contributed by atoms with Crippen LogP contribution in [0.25, 0.3) is 0 Å². The van der Waals surface area contributed by atoms with Gasteiger partial charge in [0.25, 0.3) is 0 Å². The molecule has 0 saturated heterocycles. The van der Waals surface area contributed by atoms with Crippen LogP contribution in [0, 0.1) is 0 Å². The Morgan fingerprint density at radius 1 is 0.266 bits per heavy atom. The van der Waals surface area contributed by atoms with E-state index in [0.29, 0.717) is 25.7 Å². The molecule has 79 heavy (non-hydrogen) atoms. The van der Waals surface area contributed by atoms with Gasteiger partial charge in [0.1, 0.15) is 13.2 Å². The molecule has 0 aliphatic carbocycles. The zero-order chi connectivity index (χ0) is 57.1. The van der Waals surface area contributed by atoms with Gasteiger partial charge in [0.15, 0.2) is 6.10 Å². The van der Waals surface area contributed by atoms with Crippen LogP contribution in [-0.2, 0) is 28.6 Å². The molecular formula is C73H120O6. The molecule has 0 N–H and O–H groups in total. The topological polar surface area (TPSA) is 78.9 Å². The van der Waals surface area contributed by atoms with Crippen LogP contribution < -0.4 is 0 Å². The third kappa shape index (κ3) is 64.3. The fourth-order valence-electron chi connectivity index (χ4n) is 8.79. The molecule has 0 aromatic carbocycles. The Morgan fingerprint density at radius 2 is 0.506 bits per heavy atom. The van der Waals surface area contributed by atoms with Gasteiger partial charge in [-0.15, -0.1) is 0 Å². The third-order valence-corrected chi connectivity index (χ3v) is 13.6. The number of hydrogen-bond donors (Lipinski definition) is 0. The minimum absolute atomic E-state index is 0.116. The van der Waals surface area contributed by atoms with Crippen LogP contribution in [0.5, 0.6) is 0 Å². The van der Waals surface area contributed by atoms with Crippen molar-refractivity contribution in [2.24, 2.45) is 0 Å². The van der Waals surface area contributed by atoms with E-state index in [2.05, 4.69) is 154 Å². The number of rotatable bonds is 58. The maximum Gasteiger partial charge on any atom is 0.306 e. The highest BCUT2D eigenvalue weighted by atomic mass is 16.6. The molecule has 448 valence electrons. The predicted molar refractivity (Wildman–Crippen MR) is 343 cm³/mol. The Hall–Kier alpha value is -4.45. The molecule has 0 aromatic heterocycles. The normalized spacial score (nSPS) is 13.0. The molecule has 0 rings (SSSR count). The van der Waals surface area contributed by atoms with Gasteiger partial charge in [-0.3, -0.25) is 14.4 Å². The first kappa shape index (κ1) is 74.5. The second kappa shape index (κ2) is 66.1. The largest absolute Gasteiger partial charge is 0.462 e. The number of carbonyl (C=O) groups is 3. The van der Waals surface area contributed by atoms with Crippen molar-refractivity contribution in [2.45, 2.75) is 297 Å². The average molecular weight is 1090 g/mol. The summed E-state index contributed by atoms with van der Waals surface area (Å²) in [6, 6.07) is 0. The van der Waals surface area contributed by atoms with Gasteiger partial charge in [-0.2, -0.15) is 0 Å². The summed E-state index contributed by atoms with van der Waals surface area (Å²) in [5.74, 6) is -1.02. The SMILES string of the molecule is CC/C=C\C/C=C\C/C=C\C/C=C\C/C=C\CCCC(=O)OC(COC(=O)CCCC/C=C\C/C=C\C/C=C\C/C=C\CC)COC(=O)CCCCCCCCCCCCCCCCCCC/C=C\C/C=C\CCCCCCC. The lowest BCUT2D eigenvalue weighted by atomic mass is 10.0. The summed E-state index contributed by atoms with van der Waals surface area (Å²) < 4.78 is 16.8. The highest BCUT2D eigenvalue weighted by molar-refractivity contribution is 5.71. The predicted octanol–water partition coefficient (Wildman–Crippen LogP) is 22.5. The molecule has 0 spiro atoms. The van der Waals surface area contributed by atoms with Crippen LogP contribution in [0.2, 0.25) is 0 Å². The standard InChI is InChI=1S/C73H120O6/c1-4-7-10-13-16-19-22-25-28-30-31-32-33-34-35-36-37-38-39-40-41-43-45-48-51-54-57-60-63-66-72(75)78-69-70(68-77-71(74)65-62-59-56-53-50-47-44-27-24-21-18-15-12-9-6-3)79-73(76)67-64-61-58-55-52-49-46-42-29-26-23-20-17-14-11-8-5-2/h8-9,11-12,17-18,20-22,25-27,29-31,44,46,49-50,53,55,58,70H,4-7,10,13-16,19,23-24,28,32-43,45,47-48,51-52,54,56-57,59-69H2,1-3H3/b11-8-,12-9-,20-17-,21-18-,25-22-,29-26-,31-30-,44-27-,49-46-,53-50-,58-55-. The first-order chi connectivity index (χ1) is 39.0. The lowest BCUT2D eigenvalue weighted by Gasteiger charge is -2.18. The van der Waals surface area contributed by atoms with E-state index in [0.717, 1.165) is 103 Å². The molecule has 0 amide bonds. The number of unbranched alkanes of at least 4 members (excludes halogenated alkanes) is 25. The van der Waals surface area contributed by atoms with Crippen molar-refractivity contribution >= 4 is 17.9 Å². The minimum atomic E-state index is -0.830. The van der Waals surface area contributed by atoms with Crippen LogP contribution in [0.15, 0.2) is 134 Å². The first-order valence-corrected chi connectivity index (χ1v) is 32.7. The van der Waals surface area contributed by atoms with Gasteiger partial charge >= 0.3 is 17.9 Å². The lowest BCUT2D eigenvalue weighted by Crippen LogP contribution is -2.30. The van der Waals surface area contributed by atoms with Gasteiger partial charge in [-0.25, -0.2) is 0 Å². The van der Waals surface area contributed by atoms with E-state index in [9.17, 15) is 14.4 Å². The van der Waals surface area contributed by atoms with E-state index in [-0.39, 0.29) is 37.5 Å². The zero-order valence-corrected chi connectivity index (χ0v) is 51.3. The molecule has 0 bridgehead atoms. The van der Waals surface area contributed by atoms with Crippen molar-refractivity contribution in [3.8, 4) is 0 Å². The van der Waals surface area contributed by atoms with Crippen LogP contribution in [0.1, 0.15) is 290 Å². The monoisotopic (exact) mass is 1090 g/mol. The summed E-state index contributed by atoms with van der Waals surface area (Å²) in [7, 11) is 0. The van der Waals surface area contributed by atoms with Crippen molar-refractivity contribution in [1.82, 2.24) is 0 Å². The number of ether oxygens (including phenoxy) is 3. The summed E-state index contributed by atoms with van der Waals surface area (Å²) in [6.45, 7) is 6.33. The fraction of sp³-hybridized carbons (Fsp3) is 0.658. The molecule has 0 aromatic rings. The van der Waals surface area contributed by atoms with Gasteiger partial charge < -0.3 is 14.2 Å². The molecule has 0 aliphatic heterocycles. The summed E-state index contributed by atoms with van der Waals surface area (Å²) in [4.78, 5) is 38.3. The molecule has 0 radical (unpaired) electrons. The summed E-state index contributed by atoms with van der Waals surface area (Å²) >= 11 is 0. The number of carbonyl (C=O) groups excluding carboxylic acids is 3. The lowest BCUT2D eigenvalue weighted by molar-refractivity contribution is -0.167. The van der Waals surface area contributed by atoms with Crippen LogP contribution in [0.3, 0.4) is 0 Å². The van der Waals surface area contributed by atoms with E-state index in [1.54, 1.807) is 0 Å². The van der Waals surface area contributed by atoms with E-state index < -0.39 is 6.10 Å². The zero-order valence-electron chi connectivity index (χ0n) is 51.3. The van der Waals surface area contributed by atoms with Gasteiger partial charge in [-0.1, -0.05) is 276 Å². The summed E-state index contributed by atoms with van der Waals surface area (Å²) in [5.41, 5.74) is 0. The Bertz CT molecular complexity index is 1680. The number of esters is 3. The highest BCUT2D eigenvalue weighted by Gasteiger charge is 2.19. The Kier molecular flexibility index (Phi) is 62.3. The van der Waals surface area contributed by atoms with E-state index in [4.69, 9.17) is 14.2 Å². The second-order valence-electron chi connectivity index (χ2n) is 21.3. The second-order valence-corrected chi connectivity index (χ2v) is 21.3. The molecule has 0 saturated carbocycles. The highest BCUT2D eigenvalue weighted by Crippen LogP contribution is 2.16. The Morgan fingerprint density at radius 3 is 0.835 bits per heavy atom. The van der Waals surface area contributed by atoms with E-state index in [1.165, 1.54) is 135 Å². The number of allylic oxidation sites excluding steroid dienone is 22. The van der Waals surface area contributed by atoms with Crippen molar-refractivity contribution < 1.29 is 28.6 Å². The van der Waals surface area contributed by atoms with Gasteiger partial charge in [-0.05, 0) is 128 Å². The van der Waals surface area contributed by atoms with Crippen molar-refractivity contribution in [3.05, 3.63) is 134 Å². The molecule has 0 aliphatic rings. The van der Waals surface area contributed by atoms with Gasteiger partial charge in [0.05, 0.1) is 0 Å². The molecule has 0 fully saturated rings. The average Bonchev–Trinajstić information content (AvgIpc) is 3.45. The van der Waals surface area contributed by atoms with Crippen molar-refractivity contribution in [1.29, 1.82) is 0 Å². The molecule has 0 heterocycles. The van der Waals surface area contributed by atoms with Crippen molar-refractivity contribution in [2.75, 3.05) is 13.2 Å². The van der Waals surface area contributed by atoms with Crippen LogP contribution >= 0.6 is 0 Å². The molecule has 1 unspecified atom stereocenters. The van der Waals surface area contributed by atoms with Gasteiger partial charge in [0.2, 0.25) is 0 Å². The maximum absolute atomic E-state index is 12.9. The molecule has 1 atom stereocenters. The number of hydrogen-bond acceptors (Lipinski definition) is 6. The summed E-state index contributed by atoms with van der Waals surface area (Å²) in [6.07, 6.45) is 93.4. The van der Waals surface area contributed by atoms with Crippen LogP contribution in [-0.4, -0.2) is 37.2 Å². The third-order valence-electron chi connectivity index (χ3n) is 13.6. The quantitative estimate of drug-likeness (QED) is 0.0261. The van der Waals surface area contributed by atoms with E-state index in [1.807, 2.05) is 0 Å². The van der Waals surface area contributed by atoms with Crippen molar-refractivity contribution in [3.63, 3.8) is 0 Å². The summed E-state index contributed by atoms with van der Waals surface area (Å²) in [5, 5.41) is 0. The van der Waals surface area contributed by atoms with Gasteiger partial charge in [0, 0.05) is 19.3 Å². The Balaban J connectivity index is 4.35. The van der Waals surface area contributed by atoms with Crippen LogP contribution in [0.4, 0.5) is 0 Å². The fourth-order valence-corrected chi connectivity index (χ4v) is 8.79. The molecule has 6 nitrogen and oxygen atoms in total. The molecular weight excluding hydrogens is 973 g/mol. The minimum Gasteiger partial charge on any atom is -0.462 e. The smallest absolute Gasteiger partial charge is 0.306 e. The Labute approximate surface area is 487 Å².